The molecule has 4 rings (SSSR count). The summed E-state index contributed by atoms with van der Waals surface area (Å²) in [5.74, 6) is 0. The van der Waals surface area contributed by atoms with Crippen LogP contribution in [0.15, 0.2) is 64.4 Å². The Morgan fingerprint density at radius 1 is 1.11 bits per heavy atom. The van der Waals surface area contributed by atoms with Crippen molar-refractivity contribution in [3.05, 3.63) is 59.5 Å². The summed E-state index contributed by atoms with van der Waals surface area (Å²) in [6.07, 6.45) is 4.93. The molecule has 1 N–H and O–H groups in total. The van der Waals surface area contributed by atoms with Crippen molar-refractivity contribution < 1.29 is 8.42 Å². The van der Waals surface area contributed by atoms with Crippen LogP contribution in [0.2, 0.25) is 19.6 Å². The van der Waals surface area contributed by atoms with Crippen molar-refractivity contribution in [1.82, 2.24) is 19.2 Å². The SMILES string of the molecule is C[Si](C)(C)c1[nH]c2ncc(Br)cc2c1-c1cnn(S(=O)(=O)c2ccccc2)c1. The first-order valence-electron chi connectivity index (χ1n) is 8.71. The third-order valence-corrected chi connectivity index (χ3v) is 8.37. The van der Waals surface area contributed by atoms with Crippen molar-refractivity contribution in [2.45, 2.75) is 24.5 Å². The van der Waals surface area contributed by atoms with Gasteiger partial charge in [-0.1, -0.05) is 37.8 Å². The fourth-order valence-electron chi connectivity index (χ4n) is 3.17. The first-order chi connectivity index (χ1) is 13.2. The molecule has 0 atom stereocenters. The molecule has 3 aromatic heterocycles. The molecule has 0 radical (unpaired) electrons. The Morgan fingerprint density at radius 2 is 1.82 bits per heavy atom. The number of aromatic amines is 1. The van der Waals surface area contributed by atoms with Crippen LogP contribution in [0.25, 0.3) is 22.2 Å². The van der Waals surface area contributed by atoms with Crippen molar-refractivity contribution in [3.8, 4) is 11.1 Å². The van der Waals surface area contributed by atoms with Crippen LogP contribution in [0.4, 0.5) is 0 Å². The van der Waals surface area contributed by atoms with Gasteiger partial charge in [0.2, 0.25) is 0 Å². The molecular formula is C19H19BrN4O2SSi. The van der Waals surface area contributed by atoms with E-state index in [0.29, 0.717) is 0 Å². The van der Waals surface area contributed by atoms with Gasteiger partial charge in [-0.3, -0.25) is 0 Å². The standard InChI is InChI=1S/C19H19BrN4O2SSi/c1-28(2,3)19-17(16-9-14(20)11-21-18(16)23-19)13-10-22-24(12-13)27(25,26)15-7-5-4-6-8-15/h4-12H,1-3H3,(H,21,23). The van der Waals surface area contributed by atoms with Gasteiger partial charge in [0.25, 0.3) is 10.0 Å². The normalized spacial score (nSPS) is 12.6. The predicted octanol–water partition coefficient (Wildman–Crippen LogP) is 3.97. The van der Waals surface area contributed by atoms with E-state index in [1.54, 1.807) is 48.9 Å². The van der Waals surface area contributed by atoms with E-state index in [9.17, 15) is 8.42 Å². The lowest BCUT2D eigenvalue weighted by Crippen LogP contribution is -2.39. The summed E-state index contributed by atoms with van der Waals surface area (Å²) < 4.78 is 27.7. The molecule has 6 nitrogen and oxygen atoms in total. The molecule has 144 valence electrons. The molecule has 4 aromatic rings. The van der Waals surface area contributed by atoms with E-state index in [1.807, 2.05) is 6.07 Å². The van der Waals surface area contributed by atoms with Crippen LogP contribution >= 0.6 is 15.9 Å². The number of nitrogens with one attached hydrogen (secondary N) is 1. The number of pyridine rings is 1. The van der Waals surface area contributed by atoms with Crippen LogP contribution in [0, 0.1) is 0 Å². The Kier molecular flexibility index (Phi) is 4.56. The van der Waals surface area contributed by atoms with Gasteiger partial charge in [0.15, 0.2) is 0 Å². The lowest BCUT2D eigenvalue weighted by molar-refractivity contribution is 0.580. The third-order valence-electron chi connectivity index (χ3n) is 4.50. The number of fused-ring (bicyclic) bond motifs is 1. The van der Waals surface area contributed by atoms with Crippen LogP contribution in [0.5, 0.6) is 0 Å². The monoisotopic (exact) mass is 474 g/mol. The Hall–Kier alpha value is -2.23. The molecule has 0 aliphatic heterocycles. The molecule has 0 bridgehead atoms. The molecule has 28 heavy (non-hydrogen) atoms. The summed E-state index contributed by atoms with van der Waals surface area (Å²) >= 11 is 3.48. The summed E-state index contributed by atoms with van der Waals surface area (Å²) in [5, 5.41) is 6.23. The van der Waals surface area contributed by atoms with E-state index in [2.05, 4.69) is 50.6 Å². The summed E-state index contributed by atoms with van der Waals surface area (Å²) in [4.78, 5) is 8.14. The number of rotatable bonds is 4. The third kappa shape index (κ3) is 3.23. The van der Waals surface area contributed by atoms with Crippen molar-refractivity contribution in [2.24, 2.45) is 0 Å². The van der Waals surface area contributed by atoms with Crippen LogP contribution < -0.4 is 5.32 Å². The molecule has 0 saturated heterocycles. The molecule has 9 heteroatoms. The molecular weight excluding hydrogens is 456 g/mol. The van der Waals surface area contributed by atoms with Crippen LogP contribution in [-0.2, 0) is 10.0 Å². The van der Waals surface area contributed by atoms with Gasteiger partial charge in [0.05, 0.1) is 25.4 Å². The summed E-state index contributed by atoms with van der Waals surface area (Å²) in [6.45, 7) is 6.71. The maximum atomic E-state index is 12.9. The largest absolute Gasteiger partial charge is 0.347 e. The zero-order chi connectivity index (χ0) is 20.1. The smallest absolute Gasteiger partial charge is 0.282 e. The molecule has 0 saturated carbocycles. The fourth-order valence-corrected chi connectivity index (χ4v) is 6.17. The number of aromatic nitrogens is 4. The Balaban J connectivity index is 1.92. The first-order valence-corrected chi connectivity index (χ1v) is 14.4. The second kappa shape index (κ2) is 6.68. The molecule has 0 amide bonds. The van der Waals surface area contributed by atoms with E-state index >= 15 is 0 Å². The van der Waals surface area contributed by atoms with Gasteiger partial charge in [-0.2, -0.15) is 17.6 Å². The lowest BCUT2D eigenvalue weighted by atomic mass is 10.1. The highest BCUT2D eigenvalue weighted by atomic mass is 79.9. The van der Waals surface area contributed by atoms with Crippen molar-refractivity contribution in [1.29, 1.82) is 0 Å². The average Bonchev–Trinajstić information content (AvgIpc) is 3.26. The number of hydrogen-bond acceptors (Lipinski definition) is 4. The lowest BCUT2D eigenvalue weighted by Gasteiger charge is -2.16. The quantitative estimate of drug-likeness (QED) is 0.453. The van der Waals surface area contributed by atoms with Crippen molar-refractivity contribution in [3.63, 3.8) is 0 Å². The minimum Gasteiger partial charge on any atom is -0.347 e. The molecule has 0 aliphatic rings. The molecule has 1 aromatic carbocycles. The van der Waals surface area contributed by atoms with Gasteiger partial charge in [-0.15, -0.1) is 0 Å². The molecule has 3 heterocycles. The number of hydrogen-bond donors (Lipinski definition) is 1. The highest BCUT2D eigenvalue weighted by Gasteiger charge is 2.27. The van der Waals surface area contributed by atoms with E-state index in [4.69, 9.17) is 0 Å². The summed E-state index contributed by atoms with van der Waals surface area (Å²) in [7, 11) is -5.50. The first kappa shape index (κ1) is 19.1. The predicted molar refractivity (Wildman–Crippen MR) is 117 cm³/mol. The maximum Gasteiger partial charge on any atom is 0.282 e. The highest BCUT2D eigenvalue weighted by Crippen LogP contribution is 2.30. The van der Waals surface area contributed by atoms with Crippen molar-refractivity contribution >= 4 is 50.4 Å². The van der Waals surface area contributed by atoms with Gasteiger partial charge in [0, 0.05) is 32.5 Å². The Labute approximate surface area is 172 Å². The number of nitrogens with zero attached hydrogens (tertiary/aromatic N) is 3. The summed E-state index contributed by atoms with van der Waals surface area (Å²) in [6, 6.07) is 10.3. The summed E-state index contributed by atoms with van der Waals surface area (Å²) in [5.41, 5.74) is 2.51. The topological polar surface area (TPSA) is 80.6 Å². The highest BCUT2D eigenvalue weighted by molar-refractivity contribution is 9.10. The van der Waals surface area contributed by atoms with Gasteiger partial charge in [0.1, 0.15) is 5.65 Å². The van der Waals surface area contributed by atoms with Crippen LogP contribution in [-0.4, -0.2) is 35.6 Å². The van der Waals surface area contributed by atoms with Gasteiger partial charge in [-0.25, -0.2) is 4.98 Å². The minimum atomic E-state index is -3.74. The van der Waals surface area contributed by atoms with Gasteiger partial charge < -0.3 is 4.98 Å². The number of benzene rings is 1. The zero-order valence-corrected chi connectivity index (χ0v) is 19.0. The maximum absolute atomic E-state index is 12.9. The molecule has 0 unspecified atom stereocenters. The van der Waals surface area contributed by atoms with Crippen molar-refractivity contribution in [2.75, 3.05) is 0 Å². The minimum absolute atomic E-state index is 0.207. The van der Waals surface area contributed by atoms with E-state index in [1.165, 1.54) is 0 Å². The van der Waals surface area contributed by atoms with Gasteiger partial charge >= 0.3 is 0 Å². The van der Waals surface area contributed by atoms with E-state index in [0.717, 1.165) is 36.0 Å². The number of H-pyrrole nitrogens is 1. The molecule has 0 spiro atoms. The number of halogens is 1. The van der Waals surface area contributed by atoms with Gasteiger partial charge in [-0.05, 0) is 34.1 Å². The molecule has 0 aliphatic carbocycles. The van der Waals surface area contributed by atoms with Crippen LogP contribution in [0.1, 0.15) is 0 Å². The second-order valence-corrected chi connectivity index (χ2v) is 15.3. The molecule has 0 fully saturated rings. The van der Waals surface area contributed by atoms with E-state index in [-0.39, 0.29) is 4.90 Å². The van der Waals surface area contributed by atoms with Crippen LogP contribution in [0.3, 0.4) is 0 Å². The second-order valence-electron chi connectivity index (χ2n) is 7.59. The Morgan fingerprint density at radius 3 is 2.50 bits per heavy atom. The van der Waals surface area contributed by atoms with E-state index < -0.39 is 18.1 Å². The fraction of sp³-hybridized carbons (Fsp3) is 0.158. The zero-order valence-electron chi connectivity index (χ0n) is 15.6. The Bertz CT molecular complexity index is 1270. The average molecular weight is 475 g/mol.